The van der Waals surface area contributed by atoms with Gasteiger partial charge in [0.05, 0.1) is 12.6 Å². The van der Waals surface area contributed by atoms with Gasteiger partial charge in [0.1, 0.15) is 18.0 Å². The molecule has 11 nitrogen and oxygen atoms in total. The Bertz CT molecular complexity index is 1330. The summed E-state index contributed by atoms with van der Waals surface area (Å²) in [4.78, 5) is 36.2. The predicted octanol–water partition coefficient (Wildman–Crippen LogP) is 3.20. The molecule has 3 aromatic rings. The van der Waals surface area contributed by atoms with Crippen LogP contribution in [0.25, 0.3) is 0 Å². The molecule has 1 fully saturated rings. The number of carbonyl (C=O) groups is 2. The van der Waals surface area contributed by atoms with Crippen molar-refractivity contribution in [3.05, 3.63) is 72.1 Å². The average molecular weight is 575 g/mol. The van der Waals surface area contributed by atoms with E-state index in [0.717, 1.165) is 49.7 Å². The summed E-state index contributed by atoms with van der Waals surface area (Å²) < 4.78 is 0. The minimum absolute atomic E-state index is 0.0996. The van der Waals surface area contributed by atoms with Crippen LogP contribution in [0.15, 0.2) is 60.9 Å². The van der Waals surface area contributed by atoms with Crippen LogP contribution in [0.1, 0.15) is 31.4 Å². The third-order valence-electron chi connectivity index (χ3n) is 7.07. The predicted molar refractivity (Wildman–Crippen MR) is 165 cm³/mol. The smallest absolute Gasteiger partial charge is 0.317 e. The number of anilines is 4. The molecule has 1 amide bonds. The first-order valence-electron chi connectivity index (χ1n) is 14.5. The lowest BCUT2D eigenvalue weighted by molar-refractivity contribution is -0.138. The van der Waals surface area contributed by atoms with E-state index in [1.165, 1.54) is 11.9 Å². The highest BCUT2D eigenvalue weighted by Crippen LogP contribution is 2.21. The van der Waals surface area contributed by atoms with E-state index < -0.39 is 12.0 Å². The summed E-state index contributed by atoms with van der Waals surface area (Å²) in [6.45, 7) is 8.73. The van der Waals surface area contributed by atoms with Gasteiger partial charge in [0.2, 0.25) is 5.91 Å². The van der Waals surface area contributed by atoms with Crippen LogP contribution >= 0.6 is 0 Å². The summed E-state index contributed by atoms with van der Waals surface area (Å²) in [7, 11) is 0. The van der Waals surface area contributed by atoms with E-state index in [2.05, 4.69) is 56.8 Å². The second kappa shape index (κ2) is 15.2. The molecule has 0 unspecified atom stereocenters. The van der Waals surface area contributed by atoms with Crippen LogP contribution in [-0.4, -0.2) is 82.1 Å². The molecule has 4 rings (SSSR count). The number of carboxylic acid groups (broad SMARTS) is 1. The minimum atomic E-state index is -0.778. The van der Waals surface area contributed by atoms with Crippen molar-refractivity contribution in [3.8, 4) is 0 Å². The number of hydrogen-bond acceptors (Lipinski definition) is 9. The Morgan fingerprint density at radius 3 is 2.12 bits per heavy atom. The number of rotatable bonds is 14. The van der Waals surface area contributed by atoms with E-state index in [9.17, 15) is 9.59 Å². The zero-order valence-corrected chi connectivity index (χ0v) is 24.4. The molecule has 0 bridgehead atoms. The van der Waals surface area contributed by atoms with Crippen LogP contribution in [0.3, 0.4) is 0 Å². The van der Waals surface area contributed by atoms with Gasteiger partial charge in [-0.15, -0.1) is 0 Å². The summed E-state index contributed by atoms with van der Waals surface area (Å²) >= 11 is 0. The molecule has 2 aromatic carbocycles. The van der Waals surface area contributed by atoms with Gasteiger partial charge in [-0.25, -0.2) is 9.97 Å². The molecule has 6 N–H and O–H groups in total. The fourth-order valence-electron chi connectivity index (χ4n) is 4.97. The Labute approximate surface area is 247 Å². The average Bonchev–Trinajstić information content (AvgIpc) is 2.94. The van der Waals surface area contributed by atoms with Gasteiger partial charge in [-0.1, -0.05) is 38.1 Å². The molecule has 1 atom stereocenters. The standard InChI is InChI=1S/C31H42N8O3/c1-22(2)15-27(32)31(42)33-10-9-23-5-3-7-25(16-23)36-28-18-29(35-21-34-28)37-26-8-4-6-24(17-26)19-38-11-13-39(14-12-38)20-30(40)41/h3-8,16-18,21-22,27H,9-15,19-20,32H2,1-2H3,(H,33,42)(H,40,41)(H2,34,35,36,37)/t27-/m1/s1. The molecule has 0 spiro atoms. The Balaban J connectivity index is 1.28. The van der Waals surface area contributed by atoms with Crippen molar-refractivity contribution in [1.82, 2.24) is 25.1 Å². The molecule has 0 aliphatic carbocycles. The number of benzene rings is 2. The molecule has 0 radical (unpaired) electrons. The number of amides is 1. The maximum Gasteiger partial charge on any atom is 0.317 e. The normalized spacial score (nSPS) is 14.9. The van der Waals surface area contributed by atoms with Crippen LogP contribution in [0.2, 0.25) is 0 Å². The molecule has 1 saturated heterocycles. The van der Waals surface area contributed by atoms with Crippen molar-refractivity contribution < 1.29 is 14.7 Å². The van der Waals surface area contributed by atoms with Gasteiger partial charge in [0.25, 0.3) is 0 Å². The molecule has 42 heavy (non-hydrogen) atoms. The van der Waals surface area contributed by atoms with Crippen LogP contribution < -0.4 is 21.7 Å². The van der Waals surface area contributed by atoms with Crippen LogP contribution in [-0.2, 0) is 22.6 Å². The van der Waals surface area contributed by atoms with Crippen molar-refractivity contribution in [2.75, 3.05) is 49.9 Å². The van der Waals surface area contributed by atoms with Gasteiger partial charge in [-0.05, 0) is 54.2 Å². The summed E-state index contributed by atoms with van der Waals surface area (Å²) in [6.07, 6.45) is 2.88. The van der Waals surface area contributed by atoms with Crippen molar-refractivity contribution in [2.24, 2.45) is 11.7 Å². The number of nitrogens with two attached hydrogens (primary N) is 1. The van der Waals surface area contributed by atoms with E-state index in [-0.39, 0.29) is 12.5 Å². The molecule has 11 heteroatoms. The second-order valence-electron chi connectivity index (χ2n) is 11.2. The van der Waals surface area contributed by atoms with E-state index in [1.54, 1.807) is 0 Å². The maximum absolute atomic E-state index is 12.2. The van der Waals surface area contributed by atoms with Gasteiger partial charge in [-0.3, -0.25) is 19.4 Å². The lowest BCUT2D eigenvalue weighted by atomic mass is 10.0. The minimum Gasteiger partial charge on any atom is -0.480 e. The zero-order chi connectivity index (χ0) is 29.9. The first kappa shape index (κ1) is 30.9. The van der Waals surface area contributed by atoms with Crippen molar-refractivity contribution in [1.29, 1.82) is 0 Å². The molecule has 0 saturated carbocycles. The van der Waals surface area contributed by atoms with Gasteiger partial charge in [0.15, 0.2) is 0 Å². The second-order valence-corrected chi connectivity index (χ2v) is 11.2. The van der Waals surface area contributed by atoms with Crippen LogP contribution in [0, 0.1) is 5.92 Å². The molecular formula is C31H42N8O3. The lowest BCUT2D eigenvalue weighted by Gasteiger charge is -2.33. The summed E-state index contributed by atoms with van der Waals surface area (Å²) in [5, 5.41) is 18.7. The number of nitrogens with zero attached hydrogens (tertiary/aromatic N) is 4. The Hall–Kier alpha value is -4.06. The van der Waals surface area contributed by atoms with Gasteiger partial charge >= 0.3 is 5.97 Å². The first-order chi connectivity index (χ1) is 20.2. The largest absolute Gasteiger partial charge is 0.480 e. The molecule has 2 heterocycles. The van der Waals surface area contributed by atoms with E-state index in [0.29, 0.717) is 36.9 Å². The summed E-state index contributed by atoms with van der Waals surface area (Å²) in [6, 6.07) is 17.6. The molecular weight excluding hydrogens is 532 g/mol. The molecule has 1 aliphatic heterocycles. The fourth-order valence-corrected chi connectivity index (χ4v) is 4.97. The highest BCUT2D eigenvalue weighted by atomic mass is 16.4. The summed E-state index contributed by atoms with van der Waals surface area (Å²) in [5.41, 5.74) is 10.1. The van der Waals surface area contributed by atoms with Gasteiger partial charge in [0, 0.05) is 56.7 Å². The Morgan fingerprint density at radius 1 is 0.905 bits per heavy atom. The number of hydrogen-bond donors (Lipinski definition) is 5. The number of carboxylic acids is 1. The number of carbonyl (C=O) groups excluding carboxylic acids is 1. The van der Waals surface area contributed by atoms with E-state index in [4.69, 9.17) is 10.8 Å². The van der Waals surface area contributed by atoms with Crippen molar-refractivity contribution in [3.63, 3.8) is 0 Å². The topological polar surface area (TPSA) is 149 Å². The number of piperazine rings is 1. The van der Waals surface area contributed by atoms with Gasteiger partial charge < -0.3 is 26.8 Å². The quantitative estimate of drug-likeness (QED) is 0.194. The Kier molecular flexibility index (Phi) is 11.2. The number of aromatic nitrogens is 2. The SMILES string of the molecule is CC(C)C[C@@H](N)C(=O)NCCc1cccc(Nc2cc(Nc3cccc(CN4CCN(CC(=O)O)CC4)c3)ncn2)c1. The fraction of sp³-hybridized carbons (Fsp3) is 0.419. The van der Waals surface area contributed by atoms with Gasteiger partial charge in [-0.2, -0.15) is 0 Å². The monoisotopic (exact) mass is 574 g/mol. The summed E-state index contributed by atoms with van der Waals surface area (Å²) in [5.74, 6) is 0.818. The van der Waals surface area contributed by atoms with Crippen LogP contribution in [0.5, 0.6) is 0 Å². The highest BCUT2D eigenvalue weighted by Gasteiger charge is 2.19. The third kappa shape index (κ3) is 10.1. The highest BCUT2D eigenvalue weighted by molar-refractivity contribution is 5.81. The number of aliphatic carboxylic acids is 1. The molecule has 224 valence electrons. The third-order valence-corrected chi connectivity index (χ3v) is 7.07. The Morgan fingerprint density at radius 2 is 1.50 bits per heavy atom. The lowest BCUT2D eigenvalue weighted by Crippen LogP contribution is -2.47. The zero-order valence-electron chi connectivity index (χ0n) is 24.4. The van der Waals surface area contributed by atoms with Crippen LogP contribution in [0.4, 0.5) is 23.0 Å². The van der Waals surface area contributed by atoms with Crippen molar-refractivity contribution >= 4 is 34.9 Å². The molecule has 1 aromatic heterocycles. The molecule has 1 aliphatic rings. The number of nitrogens with one attached hydrogen (secondary N) is 3. The van der Waals surface area contributed by atoms with E-state index in [1.807, 2.05) is 47.4 Å². The maximum atomic E-state index is 12.2. The first-order valence-corrected chi connectivity index (χ1v) is 14.5. The van der Waals surface area contributed by atoms with E-state index >= 15 is 0 Å². The van der Waals surface area contributed by atoms with Crippen molar-refractivity contribution in [2.45, 2.75) is 39.3 Å².